The summed E-state index contributed by atoms with van der Waals surface area (Å²) in [5, 5.41) is 3.50. The van der Waals surface area contributed by atoms with Crippen LogP contribution in [0.4, 0.5) is 5.69 Å². The molecule has 1 aromatic carbocycles. The average molecular weight is 342 g/mol. The molecule has 0 aliphatic carbocycles. The number of hydrogen-bond acceptors (Lipinski definition) is 1. The zero-order chi connectivity index (χ0) is 14.0. The summed E-state index contributed by atoms with van der Waals surface area (Å²) in [4.78, 5) is 12.3. The lowest BCUT2D eigenvalue weighted by Gasteiger charge is -2.12. The molecule has 0 saturated heterocycles. The molecule has 0 saturated carbocycles. The van der Waals surface area contributed by atoms with Crippen LogP contribution in [0.25, 0.3) is 0 Å². The third-order valence-electron chi connectivity index (χ3n) is 2.71. The van der Waals surface area contributed by atoms with E-state index >= 15 is 0 Å². The lowest BCUT2D eigenvalue weighted by Crippen LogP contribution is -2.17. The minimum atomic E-state index is -0.137. The highest BCUT2D eigenvalue weighted by atomic mass is 79.9. The minimum absolute atomic E-state index is 0.137. The lowest BCUT2D eigenvalue weighted by molar-refractivity contribution is 0.101. The Morgan fingerprint density at radius 3 is 2.53 bits per heavy atom. The summed E-state index contributed by atoms with van der Waals surface area (Å²) in [7, 11) is 0. The third-order valence-corrected chi connectivity index (χ3v) is 3.39. The summed E-state index contributed by atoms with van der Waals surface area (Å²) in [6, 6.07) is 9.07. The number of anilines is 1. The Hall–Kier alpha value is -1.26. The number of nitrogens with one attached hydrogen (secondary N) is 1. The zero-order valence-corrected chi connectivity index (χ0v) is 13.0. The largest absolute Gasteiger partial charge is 0.340 e. The van der Waals surface area contributed by atoms with Crippen molar-refractivity contribution < 1.29 is 4.79 Å². The molecular formula is C14H14BrClN2O. The van der Waals surface area contributed by atoms with Crippen LogP contribution in [0, 0.1) is 0 Å². The number of carbonyl (C=O) groups is 1. The van der Waals surface area contributed by atoms with E-state index in [4.69, 9.17) is 11.6 Å². The van der Waals surface area contributed by atoms with Gasteiger partial charge in [-0.05, 0) is 60.1 Å². The van der Waals surface area contributed by atoms with Gasteiger partial charge >= 0.3 is 0 Å². The third kappa shape index (κ3) is 3.39. The highest BCUT2D eigenvalue weighted by Crippen LogP contribution is 2.21. The van der Waals surface area contributed by atoms with Crippen molar-refractivity contribution in [3.8, 4) is 0 Å². The second-order valence-corrected chi connectivity index (χ2v) is 5.86. The summed E-state index contributed by atoms with van der Waals surface area (Å²) in [6.07, 6.45) is 1.90. The van der Waals surface area contributed by atoms with E-state index in [1.165, 1.54) is 0 Å². The van der Waals surface area contributed by atoms with Gasteiger partial charge < -0.3 is 9.88 Å². The van der Waals surface area contributed by atoms with Crippen molar-refractivity contribution in [2.45, 2.75) is 19.9 Å². The first kappa shape index (κ1) is 14.2. The monoisotopic (exact) mass is 340 g/mol. The lowest BCUT2D eigenvalue weighted by atomic mass is 10.3. The van der Waals surface area contributed by atoms with Crippen molar-refractivity contribution in [1.29, 1.82) is 0 Å². The van der Waals surface area contributed by atoms with Gasteiger partial charge in [0, 0.05) is 27.4 Å². The molecule has 0 fully saturated rings. The van der Waals surface area contributed by atoms with Crippen molar-refractivity contribution in [3.63, 3.8) is 0 Å². The van der Waals surface area contributed by atoms with E-state index in [9.17, 15) is 4.79 Å². The van der Waals surface area contributed by atoms with E-state index in [1.807, 2.05) is 30.7 Å². The second kappa shape index (κ2) is 5.80. The number of nitrogens with zero attached hydrogens (tertiary/aromatic N) is 1. The number of benzene rings is 1. The molecule has 5 heteroatoms. The molecule has 0 bridgehead atoms. The first-order valence-corrected chi connectivity index (χ1v) is 7.09. The van der Waals surface area contributed by atoms with Gasteiger partial charge in [0.2, 0.25) is 0 Å². The molecule has 100 valence electrons. The number of halogens is 2. The predicted octanol–water partition coefficient (Wildman–Crippen LogP) is 4.74. The van der Waals surface area contributed by atoms with Crippen molar-refractivity contribution in [2.24, 2.45) is 0 Å². The fourth-order valence-electron chi connectivity index (χ4n) is 1.78. The Balaban J connectivity index is 2.22. The molecule has 1 N–H and O–H groups in total. The van der Waals surface area contributed by atoms with E-state index in [0.717, 1.165) is 10.2 Å². The van der Waals surface area contributed by atoms with Crippen molar-refractivity contribution in [2.75, 3.05) is 5.32 Å². The van der Waals surface area contributed by atoms with Gasteiger partial charge in [0.25, 0.3) is 5.91 Å². The topological polar surface area (TPSA) is 34.0 Å². The zero-order valence-electron chi connectivity index (χ0n) is 10.7. The maximum Gasteiger partial charge on any atom is 0.272 e. The standard InChI is InChI=1S/C14H14BrClN2O/c1-9(2)18-8-10(15)7-13(18)14(19)17-12-5-3-11(16)4-6-12/h3-9H,1-2H3,(H,17,19). The fourth-order valence-corrected chi connectivity index (χ4v) is 2.35. The SMILES string of the molecule is CC(C)n1cc(Br)cc1C(=O)Nc1ccc(Cl)cc1. The van der Waals surface area contributed by atoms with Crippen LogP contribution in [-0.2, 0) is 0 Å². The molecule has 1 amide bonds. The summed E-state index contributed by atoms with van der Waals surface area (Å²) in [6.45, 7) is 4.07. The van der Waals surface area contributed by atoms with Crippen LogP contribution in [0.15, 0.2) is 41.0 Å². The van der Waals surface area contributed by atoms with E-state index in [0.29, 0.717) is 10.7 Å². The number of rotatable bonds is 3. The van der Waals surface area contributed by atoms with Crippen molar-refractivity contribution >= 4 is 39.1 Å². The van der Waals surface area contributed by atoms with Crippen LogP contribution in [-0.4, -0.2) is 10.5 Å². The molecule has 2 aromatic rings. The predicted molar refractivity (Wildman–Crippen MR) is 81.9 cm³/mol. The van der Waals surface area contributed by atoms with Gasteiger partial charge in [-0.15, -0.1) is 0 Å². The van der Waals surface area contributed by atoms with E-state index in [2.05, 4.69) is 21.2 Å². The number of amides is 1. The Bertz CT molecular complexity index is 590. The maximum atomic E-state index is 12.3. The summed E-state index contributed by atoms with van der Waals surface area (Å²) in [5.41, 5.74) is 1.35. The van der Waals surface area contributed by atoms with E-state index in [1.54, 1.807) is 24.3 Å². The number of aromatic nitrogens is 1. The summed E-state index contributed by atoms with van der Waals surface area (Å²) in [5.74, 6) is -0.137. The Labute approximate surface area is 125 Å². The van der Waals surface area contributed by atoms with Crippen molar-refractivity contribution in [3.05, 3.63) is 51.7 Å². The highest BCUT2D eigenvalue weighted by Gasteiger charge is 2.15. The van der Waals surface area contributed by atoms with Gasteiger partial charge in [-0.25, -0.2) is 0 Å². The molecule has 19 heavy (non-hydrogen) atoms. The van der Waals surface area contributed by atoms with Gasteiger partial charge in [-0.1, -0.05) is 11.6 Å². The van der Waals surface area contributed by atoms with Gasteiger partial charge in [0.15, 0.2) is 0 Å². The molecule has 1 aromatic heterocycles. The van der Waals surface area contributed by atoms with Crippen LogP contribution >= 0.6 is 27.5 Å². The molecule has 2 rings (SSSR count). The van der Waals surface area contributed by atoms with Gasteiger partial charge in [0.1, 0.15) is 5.69 Å². The Morgan fingerprint density at radius 1 is 1.32 bits per heavy atom. The second-order valence-electron chi connectivity index (χ2n) is 4.51. The van der Waals surface area contributed by atoms with Gasteiger partial charge in [-0.3, -0.25) is 4.79 Å². The fraction of sp³-hybridized carbons (Fsp3) is 0.214. The first-order chi connectivity index (χ1) is 8.97. The van der Waals surface area contributed by atoms with Crippen LogP contribution in [0.5, 0.6) is 0 Å². The van der Waals surface area contributed by atoms with Gasteiger partial charge in [-0.2, -0.15) is 0 Å². The summed E-state index contributed by atoms with van der Waals surface area (Å²) < 4.78 is 2.82. The van der Waals surface area contributed by atoms with Crippen LogP contribution in [0.2, 0.25) is 5.02 Å². The molecule has 0 aliphatic rings. The molecule has 1 heterocycles. The molecule has 0 atom stereocenters. The molecule has 0 spiro atoms. The molecule has 3 nitrogen and oxygen atoms in total. The van der Waals surface area contributed by atoms with Crippen LogP contribution < -0.4 is 5.32 Å². The molecular weight excluding hydrogens is 328 g/mol. The molecule has 0 aliphatic heterocycles. The van der Waals surface area contributed by atoms with Crippen LogP contribution in [0.1, 0.15) is 30.4 Å². The highest BCUT2D eigenvalue weighted by molar-refractivity contribution is 9.10. The van der Waals surface area contributed by atoms with Gasteiger partial charge in [0.05, 0.1) is 0 Å². The smallest absolute Gasteiger partial charge is 0.272 e. The number of hydrogen-bond donors (Lipinski definition) is 1. The summed E-state index contributed by atoms with van der Waals surface area (Å²) >= 11 is 9.21. The first-order valence-electron chi connectivity index (χ1n) is 5.91. The average Bonchev–Trinajstić information content (AvgIpc) is 2.74. The Morgan fingerprint density at radius 2 is 1.95 bits per heavy atom. The maximum absolute atomic E-state index is 12.3. The normalized spacial score (nSPS) is 10.8. The van der Waals surface area contributed by atoms with E-state index in [-0.39, 0.29) is 11.9 Å². The van der Waals surface area contributed by atoms with Crippen molar-refractivity contribution in [1.82, 2.24) is 4.57 Å². The molecule has 0 unspecified atom stereocenters. The minimum Gasteiger partial charge on any atom is -0.340 e. The quantitative estimate of drug-likeness (QED) is 0.860. The Kier molecular flexibility index (Phi) is 4.32. The van der Waals surface area contributed by atoms with Crippen LogP contribution in [0.3, 0.4) is 0 Å². The number of carbonyl (C=O) groups excluding carboxylic acids is 1. The molecule has 0 radical (unpaired) electrons. The van der Waals surface area contributed by atoms with E-state index < -0.39 is 0 Å².